The standard InChI is InChI=1S/C34H36N2O2/c1-4-32(34(37)35-29-15-9-11-25(3)21-29)38-30-17-16-27-18-19-36(23-26-12-8-10-24(2)20-26)33(31(27)22-30)28-13-6-5-7-14-28/h5-17,20-22,32-33H,4,18-19,23H2,1-3H3,(H,35,37). The van der Waals surface area contributed by atoms with Crippen LogP contribution in [-0.2, 0) is 17.8 Å². The number of hydrogen-bond donors (Lipinski definition) is 1. The van der Waals surface area contributed by atoms with Crippen LogP contribution in [-0.4, -0.2) is 23.5 Å². The Kier molecular flexibility index (Phi) is 7.90. The van der Waals surface area contributed by atoms with Crippen molar-refractivity contribution in [3.05, 3.63) is 130 Å². The summed E-state index contributed by atoms with van der Waals surface area (Å²) in [4.78, 5) is 15.6. The SMILES string of the molecule is CCC(Oc1ccc2c(c1)C(c1ccccc1)N(Cc1cccc(C)c1)CC2)C(=O)Nc1cccc(C)c1. The summed E-state index contributed by atoms with van der Waals surface area (Å²) in [5, 5.41) is 3.02. The highest BCUT2D eigenvalue weighted by Crippen LogP contribution is 2.38. The fourth-order valence-electron chi connectivity index (χ4n) is 5.39. The van der Waals surface area contributed by atoms with Gasteiger partial charge in [0, 0.05) is 18.8 Å². The lowest BCUT2D eigenvalue weighted by molar-refractivity contribution is -0.122. The zero-order valence-corrected chi connectivity index (χ0v) is 22.5. The number of hydrogen-bond acceptors (Lipinski definition) is 3. The molecule has 4 aromatic rings. The molecule has 1 N–H and O–H groups in total. The van der Waals surface area contributed by atoms with Crippen LogP contribution in [0.4, 0.5) is 5.69 Å². The first kappa shape index (κ1) is 25.7. The molecular formula is C34H36N2O2. The average molecular weight is 505 g/mol. The van der Waals surface area contributed by atoms with E-state index in [4.69, 9.17) is 4.74 Å². The Labute approximate surface area is 226 Å². The molecule has 0 radical (unpaired) electrons. The number of ether oxygens (including phenoxy) is 1. The number of anilines is 1. The van der Waals surface area contributed by atoms with E-state index in [2.05, 4.69) is 83.9 Å². The van der Waals surface area contributed by atoms with Gasteiger partial charge in [-0.05, 0) is 78.8 Å². The van der Waals surface area contributed by atoms with E-state index in [1.54, 1.807) is 0 Å². The second kappa shape index (κ2) is 11.7. The lowest BCUT2D eigenvalue weighted by Crippen LogP contribution is -2.36. The number of nitrogens with zero attached hydrogens (tertiary/aromatic N) is 1. The normalized spacial score (nSPS) is 15.9. The molecule has 0 saturated heterocycles. The predicted molar refractivity (Wildman–Crippen MR) is 155 cm³/mol. The summed E-state index contributed by atoms with van der Waals surface area (Å²) >= 11 is 0. The summed E-state index contributed by atoms with van der Waals surface area (Å²) in [5.41, 5.74) is 8.35. The van der Waals surface area contributed by atoms with Crippen LogP contribution in [0.3, 0.4) is 0 Å². The average Bonchev–Trinajstić information content (AvgIpc) is 2.92. The van der Waals surface area contributed by atoms with Crippen molar-refractivity contribution in [1.29, 1.82) is 0 Å². The lowest BCUT2D eigenvalue weighted by atomic mass is 9.87. The third kappa shape index (κ3) is 5.98. The van der Waals surface area contributed by atoms with Crippen molar-refractivity contribution >= 4 is 11.6 Å². The van der Waals surface area contributed by atoms with Crippen molar-refractivity contribution in [2.45, 2.75) is 52.3 Å². The molecule has 0 bridgehead atoms. The molecule has 2 atom stereocenters. The molecule has 38 heavy (non-hydrogen) atoms. The summed E-state index contributed by atoms with van der Waals surface area (Å²) in [5.74, 6) is 0.602. The maximum atomic E-state index is 13.1. The molecule has 0 aliphatic carbocycles. The fourth-order valence-corrected chi connectivity index (χ4v) is 5.39. The number of rotatable bonds is 8. The van der Waals surface area contributed by atoms with Crippen LogP contribution in [0.2, 0.25) is 0 Å². The molecule has 4 nitrogen and oxygen atoms in total. The van der Waals surface area contributed by atoms with Gasteiger partial charge in [0.25, 0.3) is 5.91 Å². The van der Waals surface area contributed by atoms with E-state index >= 15 is 0 Å². The van der Waals surface area contributed by atoms with Gasteiger partial charge in [0.2, 0.25) is 0 Å². The highest BCUT2D eigenvalue weighted by atomic mass is 16.5. The molecule has 0 aromatic heterocycles. The van der Waals surface area contributed by atoms with Gasteiger partial charge in [-0.25, -0.2) is 0 Å². The smallest absolute Gasteiger partial charge is 0.265 e. The molecule has 5 rings (SSSR count). The maximum Gasteiger partial charge on any atom is 0.265 e. The second-order valence-electron chi connectivity index (χ2n) is 10.3. The molecule has 1 aliphatic rings. The van der Waals surface area contributed by atoms with Gasteiger partial charge >= 0.3 is 0 Å². The minimum atomic E-state index is -0.573. The minimum absolute atomic E-state index is 0.116. The lowest BCUT2D eigenvalue weighted by Gasteiger charge is -2.38. The molecule has 1 amide bonds. The Balaban J connectivity index is 1.42. The van der Waals surface area contributed by atoms with Crippen molar-refractivity contribution in [2.75, 3.05) is 11.9 Å². The van der Waals surface area contributed by atoms with Crippen molar-refractivity contribution in [2.24, 2.45) is 0 Å². The molecule has 1 aliphatic heterocycles. The quantitative estimate of drug-likeness (QED) is 0.275. The van der Waals surface area contributed by atoms with Gasteiger partial charge in [0.15, 0.2) is 6.10 Å². The molecule has 2 unspecified atom stereocenters. The first-order valence-electron chi connectivity index (χ1n) is 13.5. The second-order valence-corrected chi connectivity index (χ2v) is 10.3. The Bertz CT molecular complexity index is 1400. The zero-order chi connectivity index (χ0) is 26.5. The summed E-state index contributed by atoms with van der Waals surface area (Å²) in [7, 11) is 0. The van der Waals surface area contributed by atoms with Gasteiger partial charge in [-0.1, -0.05) is 85.3 Å². The van der Waals surface area contributed by atoms with Crippen molar-refractivity contribution < 1.29 is 9.53 Å². The van der Waals surface area contributed by atoms with E-state index in [-0.39, 0.29) is 11.9 Å². The van der Waals surface area contributed by atoms with Gasteiger partial charge in [0.05, 0.1) is 6.04 Å². The van der Waals surface area contributed by atoms with Crippen LogP contribution in [0.1, 0.15) is 52.8 Å². The molecule has 1 heterocycles. The Morgan fingerprint density at radius 3 is 2.42 bits per heavy atom. The first-order valence-corrected chi connectivity index (χ1v) is 13.5. The molecule has 4 aromatic carbocycles. The third-order valence-corrected chi connectivity index (χ3v) is 7.26. The van der Waals surface area contributed by atoms with E-state index in [0.717, 1.165) is 36.5 Å². The fraction of sp³-hybridized carbons (Fsp3) is 0.265. The Morgan fingerprint density at radius 1 is 0.921 bits per heavy atom. The molecule has 0 fully saturated rings. The van der Waals surface area contributed by atoms with Crippen LogP contribution < -0.4 is 10.1 Å². The number of carbonyl (C=O) groups is 1. The highest BCUT2D eigenvalue weighted by molar-refractivity contribution is 5.94. The number of amides is 1. The number of nitrogens with one attached hydrogen (secondary N) is 1. The topological polar surface area (TPSA) is 41.6 Å². The monoisotopic (exact) mass is 504 g/mol. The van der Waals surface area contributed by atoms with E-state index < -0.39 is 6.10 Å². The van der Waals surface area contributed by atoms with Gasteiger partial charge in [0.1, 0.15) is 5.75 Å². The largest absolute Gasteiger partial charge is 0.481 e. The summed E-state index contributed by atoms with van der Waals surface area (Å²) in [6.07, 6.45) is 0.988. The zero-order valence-electron chi connectivity index (χ0n) is 22.5. The number of benzene rings is 4. The van der Waals surface area contributed by atoms with Crippen LogP contribution in [0.15, 0.2) is 97.1 Å². The maximum absolute atomic E-state index is 13.1. The van der Waals surface area contributed by atoms with Gasteiger partial charge in [-0.3, -0.25) is 9.69 Å². The summed E-state index contributed by atoms with van der Waals surface area (Å²) in [6, 6.07) is 33.8. The minimum Gasteiger partial charge on any atom is -0.481 e. The van der Waals surface area contributed by atoms with Crippen LogP contribution in [0.5, 0.6) is 5.75 Å². The molecule has 0 spiro atoms. The van der Waals surface area contributed by atoms with Crippen molar-refractivity contribution in [3.63, 3.8) is 0 Å². The van der Waals surface area contributed by atoms with Gasteiger partial charge in [-0.2, -0.15) is 0 Å². The number of fused-ring (bicyclic) bond motifs is 1. The highest BCUT2D eigenvalue weighted by Gasteiger charge is 2.30. The van der Waals surface area contributed by atoms with Gasteiger partial charge < -0.3 is 10.1 Å². The Hall–Kier alpha value is -3.89. The molecule has 194 valence electrons. The molecule has 4 heteroatoms. The van der Waals surface area contributed by atoms with Crippen LogP contribution >= 0.6 is 0 Å². The van der Waals surface area contributed by atoms with E-state index in [9.17, 15) is 4.79 Å². The van der Waals surface area contributed by atoms with Crippen LogP contribution in [0.25, 0.3) is 0 Å². The molecular weight excluding hydrogens is 468 g/mol. The first-order chi connectivity index (χ1) is 18.5. The number of aryl methyl sites for hydroxylation is 2. The number of carbonyl (C=O) groups excluding carboxylic acids is 1. The van der Waals surface area contributed by atoms with E-state index in [1.807, 2.05) is 44.2 Å². The third-order valence-electron chi connectivity index (χ3n) is 7.26. The summed E-state index contributed by atoms with van der Waals surface area (Å²) in [6.45, 7) is 8.00. The Morgan fingerprint density at radius 2 is 1.68 bits per heavy atom. The van der Waals surface area contributed by atoms with E-state index in [0.29, 0.717) is 6.42 Å². The van der Waals surface area contributed by atoms with Crippen LogP contribution in [0, 0.1) is 13.8 Å². The van der Waals surface area contributed by atoms with Crippen molar-refractivity contribution in [3.8, 4) is 5.75 Å². The van der Waals surface area contributed by atoms with E-state index in [1.165, 1.54) is 27.8 Å². The van der Waals surface area contributed by atoms with Crippen molar-refractivity contribution in [1.82, 2.24) is 4.90 Å². The van der Waals surface area contributed by atoms with Gasteiger partial charge in [-0.15, -0.1) is 0 Å². The molecule has 0 saturated carbocycles. The predicted octanol–water partition coefficient (Wildman–Crippen LogP) is 7.25. The summed E-state index contributed by atoms with van der Waals surface area (Å²) < 4.78 is 6.32.